The fraction of sp³-hybridized carbons (Fsp3) is 0.421. The first-order chi connectivity index (χ1) is 12.2. The Balaban J connectivity index is 1.68. The first-order valence-corrected chi connectivity index (χ1v) is 8.65. The molecule has 1 aliphatic heterocycles. The van der Waals surface area contributed by atoms with Gasteiger partial charge in [-0.05, 0) is 44.9 Å². The van der Waals surface area contributed by atoms with Crippen molar-refractivity contribution in [2.75, 3.05) is 19.7 Å². The van der Waals surface area contributed by atoms with E-state index in [4.69, 9.17) is 9.47 Å². The Morgan fingerprint density at radius 2 is 2.08 bits per heavy atom. The van der Waals surface area contributed by atoms with E-state index in [1.807, 2.05) is 55.1 Å². The van der Waals surface area contributed by atoms with E-state index < -0.39 is 0 Å². The van der Waals surface area contributed by atoms with Crippen LogP contribution in [0.4, 0.5) is 0 Å². The molecule has 2 heterocycles. The predicted molar refractivity (Wildman–Crippen MR) is 93.9 cm³/mol. The number of carbonyl (C=O) groups excluding carboxylic acids is 1. The Morgan fingerprint density at radius 1 is 1.24 bits per heavy atom. The van der Waals surface area contributed by atoms with E-state index in [0.29, 0.717) is 30.3 Å². The third kappa shape index (κ3) is 4.26. The van der Waals surface area contributed by atoms with Gasteiger partial charge in [-0.15, -0.1) is 5.10 Å². The molecule has 1 aliphatic rings. The summed E-state index contributed by atoms with van der Waals surface area (Å²) in [7, 11) is 0. The van der Waals surface area contributed by atoms with Crippen molar-refractivity contribution >= 4 is 5.91 Å². The Morgan fingerprint density at radius 3 is 2.84 bits per heavy atom. The van der Waals surface area contributed by atoms with E-state index in [0.717, 1.165) is 25.1 Å². The maximum Gasteiger partial charge on any atom is 0.257 e. The lowest BCUT2D eigenvalue weighted by molar-refractivity contribution is 0.0522. The molecule has 0 bridgehead atoms. The van der Waals surface area contributed by atoms with Crippen LogP contribution < -0.4 is 9.47 Å². The van der Waals surface area contributed by atoms with Crippen molar-refractivity contribution < 1.29 is 14.3 Å². The molecule has 0 spiro atoms. The van der Waals surface area contributed by atoms with Gasteiger partial charge in [-0.1, -0.05) is 12.1 Å². The number of amides is 1. The summed E-state index contributed by atoms with van der Waals surface area (Å²) in [5.74, 6) is 1.11. The number of hydrogen-bond donors (Lipinski definition) is 0. The molecule has 6 nitrogen and oxygen atoms in total. The molecule has 3 rings (SSSR count). The number of benzene rings is 1. The largest absolute Gasteiger partial charge is 0.493 e. The Bertz CT molecular complexity index is 718. The van der Waals surface area contributed by atoms with Crippen LogP contribution in [0.5, 0.6) is 11.6 Å². The highest BCUT2D eigenvalue weighted by Crippen LogP contribution is 2.23. The zero-order chi connectivity index (χ0) is 17.6. The molecule has 0 saturated carbocycles. The summed E-state index contributed by atoms with van der Waals surface area (Å²) >= 11 is 0. The molecule has 0 aliphatic carbocycles. The minimum absolute atomic E-state index is 0.0210. The highest BCUT2D eigenvalue weighted by Gasteiger charge is 2.27. The van der Waals surface area contributed by atoms with Gasteiger partial charge < -0.3 is 14.4 Å². The fourth-order valence-corrected chi connectivity index (χ4v) is 2.93. The minimum atomic E-state index is -0.0750. The maximum absolute atomic E-state index is 12.9. The molecule has 2 aromatic rings. The van der Waals surface area contributed by atoms with Crippen LogP contribution in [0.2, 0.25) is 0 Å². The zero-order valence-electron chi connectivity index (χ0n) is 14.6. The second-order valence-electron chi connectivity index (χ2n) is 6.08. The van der Waals surface area contributed by atoms with Crippen molar-refractivity contribution in [1.29, 1.82) is 0 Å². The van der Waals surface area contributed by atoms with E-state index in [-0.39, 0.29) is 12.0 Å². The van der Waals surface area contributed by atoms with Crippen molar-refractivity contribution in [2.24, 2.45) is 0 Å². The predicted octanol–water partition coefficient (Wildman–Crippen LogP) is 2.87. The number of hydrogen-bond acceptors (Lipinski definition) is 5. The number of nitrogens with zero attached hydrogens (tertiary/aromatic N) is 3. The third-order valence-electron chi connectivity index (χ3n) is 4.14. The maximum atomic E-state index is 12.9. The van der Waals surface area contributed by atoms with E-state index in [1.54, 1.807) is 0 Å². The molecule has 6 heteroatoms. The molecule has 1 unspecified atom stereocenters. The van der Waals surface area contributed by atoms with Gasteiger partial charge in [0.05, 0.1) is 24.4 Å². The SMILES string of the molecule is CCOc1ccccc1C(=O)N1CCCC(Oc2ccc(C)nn2)C1. The van der Waals surface area contributed by atoms with E-state index in [9.17, 15) is 4.79 Å². The standard InChI is InChI=1S/C19H23N3O3/c1-3-24-17-9-5-4-8-16(17)19(23)22-12-6-7-15(13-22)25-18-11-10-14(2)20-21-18/h4-5,8-11,15H,3,6-7,12-13H2,1-2H3. The first-order valence-electron chi connectivity index (χ1n) is 8.65. The Hall–Kier alpha value is -2.63. The van der Waals surface area contributed by atoms with Crippen LogP contribution in [-0.2, 0) is 0 Å². The van der Waals surface area contributed by atoms with Crippen LogP contribution in [0.15, 0.2) is 36.4 Å². The molecule has 132 valence electrons. The number of para-hydroxylation sites is 1. The number of ether oxygens (including phenoxy) is 2. The summed E-state index contributed by atoms with van der Waals surface area (Å²) in [6.45, 7) is 5.58. The van der Waals surface area contributed by atoms with Gasteiger partial charge in [-0.3, -0.25) is 4.79 Å². The second kappa shape index (κ2) is 7.96. The van der Waals surface area contributed by atoms with Crippen LogP contribution in [-0.4, -0.2) is 46.8 Å². The molecule has 1 fully saturated rings. The summed E-state index contributed by atoms with van der Waals surface area (Å²) < 4.78 is 11.5. The Labute approximate surface area is 147 Å². The summed E-state index contributed by atoms with van der Waals surface area (Å²) in [6.07, 6.45) is 1.72. The summed E-state index contributed by atoms with van der Waals surface area (Å²) in [5, 5.41) is 8.05. The molecule has 1 atom stereocenters. The molecule has 1 aromatic carbocycles. The summed E-state index contributed by atoms with van der Waals surface area (Å²) in [4.78, 5) is 14.7. The number of carbonyl (C=O) groups is 1. The summed E-state index contributed by atoms with van der Waals surface area (Å²) in [6, 6.07) is 11.1. The monoisotopic (exact) mass is 341 g/mol. The van der Waals surface area contributed by atoms with Crippen molar-refractivity contribution in [3.8, 4) is 11.6 Å². The third-order valence-corrected chi connectivity index (χ3v) is 4.14. The van der Waals surface area contributed by atoms with Crippen LogP contribution in [0.1, 0.15) is 35.8 Å². The minimum Gasteiger partial charge on any atom is -0.493 e. The van der Waals surface area contributed by atoms with Crippen LogP contribution in [0, 0.1) is 6.92 Å². The van der Waals surface area contributed by atoms with Crippen LogP contribution in [0.25, 0.3) is 0 Å². The van der Waals surface area contributed by atoms with Gasteiger partial charge in [-0.25, -0.2) is 0 Å². The van der Waals surface area contributed by atoms with Gasteiger partial charge in [0.25, 0.3) is 5.91 Å². The van der Waals surface area contributed by atoms with Crippen molar-refractivity contribution in [3.05, 3.63) is 47.7 Å². The van der Waals surface area contributed by atoms with Crippen molar-refractivity contribution in [2.45, 2.75) is 32.8 Å². The van der Waals surface area contributed by atoms with Crippen molar-refractivity contribution in [1.82, 2.24) is 15.1 Å². The fourth-order valence-electron chi connectivity index (χ4n) is 2.93. The molecule has 0 N–H and O–H groups in total. The van der Waals surface area contributed by atoms with E-state index in [1.165, 1.54) is 0 Å². The average Bonchev–Trinajstić information content (AvgIpc) is 2.64. The Kier molecular flexibility index (Phi) is 5.48. The van der Waals surface area contributed by atoms with Gasteiger partial charge in [0.2, 0.25) is 5.88 Å². The van der Waals surface area contributed by atoms with Gasteiger partial charge in [0, 0.05) is 12.6 Å². The zero-order valence-corrected chi connectivity index (χ0v) is 14.6. The molecule has 1 saturated heterocycles. The van der Waals surface area contributed by atoms with Gasteiger partial charge in [-0.2, -0.15) is 5.10 Å². The topological polar surface area (TPSA) is 64.5 Å². The first kappa shape index (κ1) is 17.2. The molecule has 1 amide bonds. The highest BCUT2D eigenvalue weighted by molar-refractivity contribution is 5.97. The molecular formula is C19H23N3O3. The lowest BCUT2D eigenvalue weighted by Gasteiger charge is -2.32. The van der Waals surface area contributed by atoms with E-state index in [2.05, 4.69) is 10.2 Å². The number of piperidine rings is 1. The number of aromatic nitrogens is 2. The van der Waals surface area contributed by atoms with E-state index >= 15 is 0 Å². The number of likely N-dealkylation sites (tertiary alicyclic amines) is 1. The molecule has 1 aromatic heterocycles. The molecule has 25 heavy (non-hydrogen) atoms. The quantitative estimate of drug-likeness (QED) is 0.837. The lowest BCUT2D eigenvalue weighted by Crippen LogP contribution is -2.44. The second-order valence-corrected chi connectivity index (χ2v) is 6.08. The van der Waals surface area contributed by atoms with Crippen LogP contribution in [0.3, 0.4) is 0 Å². The highest BCUT2D eigenvalue weighted by atomic mass is 16.5. The molecule has 0 radical (unpaired) electrons. The number of rotatable bonds is 5. The summed E-state index contributed by atoms with van der Waals surface area (Å²) in [5.41, 5.74) is 1.44. The molecular weight excluding hydrogens is 318 g/mol. The van der Waals surface area contributed by atoms with Gasteiger partial charge in [0.15, 0.2) is 0 Å². The van der Waals surface area contributed by atoms with Gasteiger partial charge in [0.1, 0.15) is 11.9 Å². The number of aryl methyl sites for hydroxylation is 1. The smallest absolute Gasteiger partial charge is 0.257 e. The average molecular weight is 341 g/mol. The lowest BCUT2D eigenvalue weighted by atomic mass is 10.1. The van der Waals surface area contributed by atoms with Crippen LogP contribution >= 0.6 is 0 Å². The van der Waals surface area contributed by atoms with Crippen molar-refractivity contribution in [3.63, 3.8) is 0 Å². The van der Waals surface area contributed by atoms with Gasteiger partial charge >= 0.3 is 0 Å². The normalized spacial score (nSPS) is 17.2.